The standard InChI is InChI=1S/C14H18ClN3O2S/c15-12-5-3-7-14(11(12)9-17)21(19,20)18-13-6-2-1-4-10(13)8-16/h3,5,7,10,13,18H,1-2,4,6,8,16H2. The van der Waals surface area contributed by atoms with Crippen molar-refractivity contribution in [2.45, 2.75) is 36.6 Å². The maximum absolute atomic E-state index is 12.5. The summed E-state index contributed by atoms with van der Waals surface area (Å²) in [6.45, 7) is 0.452. The van der Waals surface area contributed by atoms with E-state index in [1.165, 1.54) is 18.2 Å². The number of nitriles is 1. The molecule has 7 heteroatoms. The molecule has 2 unspecified atom stereocenters. The van der Waals surface area contributed by atoms with E-state index >= 15 is 0 Å². The van der Waals surface area contributed by atoms with Crippen LogP contribution in [-0.2, 0) is 10.0 Å². The Hall–Kier alpha value is -1.13. The van der Waals surface area contributed by atoms with Crippen molar-refractivity contribution in [3.8, 4) is 6.07 Å². The van der Waals surface area contributed by atoms with Gasteiger partial charge in [-0.3, -0.25) is 0 Å². The summed E-state index contributed by atoms with van der Waals surface area (Å²) in [6.07, 6.45) is 3.74. The Labute approximate surface area is 130 Å². The zero-order valence-corrected chi connectivity index (χ0v) is 13.1. The zero-order chi connectivity index (χ0) is 15.5. The summed E-state index contributed by atoms with van der Waals surface area (Å²) in [5.41, 5.74) is 5.70. The van der Waals surface area contributed by atoms with E-state index < -0.39 is 10.0 Å². The zero-order valence-electron chi connectivity index (χ0n) is 11.5. The SMILES string of the molecule is N#Cc1c(Cl)cccc1S(=O)(=O)NC1CCCCC1CN. The van der Waals surface area contributed by atoms with Gasteiger partial charge in [0.2, 0.25) is 10.0 Å². The second-order valence-electron chi connectivity index (χ2n) is 5.23. The van der Waals surface area contributed by atoms with E-state index in [1.54, 1.807) is 0 Å². The second kappa shape index (κ2) is 6.75. The largest absolute Gasteiger partial charge is 0.330 e. The van der Waals surface area contributed by atoms with Gasteiger partial charge in [0.05, 0.1) is 10.6 Å². The minimum absolute atomic E-state index is 0.0215. The van der Waals surface area contributed by atoms with Crippen LogP contribution in [0.3, 0.4) is 0 Å². The summed E-state index contributed by atoms with van der Waals surface area (Å²) in [5.74, 6) is 0.137. The van der Waals surface area contributed by atoms with Gasteiger partial charge in [-0.05, 0) is 37.4 Å². The number of nitrogens with zero attached hydrogens (tertiary/aromatic N) is 1. The van der Waals surface area contributed by atoms with E-state index in [0.29, 0.717) is 6.54 Å². The molecule has 1 saturated carbocycles. The van der Waals surface area contributed by atoms with E-state index in [9.17, 15) is 8.42 Å². The number of rotatable bonds is 4. The van der Waals surface area contributed by atoms with Crippen LogP contribution in [0, 0.1) is 17.2 Å². The molecule has 5 nitrogen and oxygen atoms in total. The Morgan fingerprint density at radius 3 is 2.76 bits per heavy atom. The first-order valence-corrected chi connectivity index (χ1v) is 8.76. The van der Waals surface area contributed by atoms with Gasteiger partial charge in [-0.2, -0.15) is 5.26 Å². The van der Waals surface area contributed by atoms with Crippen molar-refractivity contribution < 1.29 is 8.42 Å². The predicted molar refractivity (Wildman–Crippen MR) is 81.3 cm³/mol. The van der Waals surface area contributed by atoms with Crippen LogP contribution in [0.5, 0.6) is 0 Å². The molecule has 0 heterocycles. The molecule has 1 aromatic carbocycles. The molecule has 0 aromatic heterocycles. The number of benzene rings is 1. The van der Waals surface area contributed by atoms with Gasteiger partial charge in [-0.15, -0.1) is 0 Å². The van der Waals surface area contributed by atoms with Gasteiger partial charge in [0, 0.05) is 6.04 Å². The van der Waals surface area contributed by atoms with Crippen molar-refractivity contribution in [2.24, 2.45) is 11.7 Å². The molecule has 21 heavy (non-hydrogen) atoms. The second-order valence-corrected chi connectivity index (χ2v) is 7.32. The third-order valence-electron chi connectivity index (χ3n) is 3.90. The molecule has 0 aliphatic heterocycles. The van der Waals surface area contributed by atoms with Crippen LogP contribution < -0.4 is 10.5 Å². The number of hydrogen-bond donors (Lipinski definition) is 2. The highest BCUT2D eigenvalue weighted by Crippen LogP contribution is 2.27. The summed E-state index contributed by atoms with van der Waals surface area (Å²) in [5, 5.41) is 9.26. The third-order valence-corrected chi connectivity index (χ3v) is 5.74. The Balaban J connectivity index is 2.31. The molecular weight excluding hydrogens is 310 g/mol. The van der Waals surface area contributed by atoms with Crippen LogP contribution in [0.15, 0.2) is 23.1 Å². The Morgan fingerprint density at radius 1 is 1.38 bits per heavy atom. The number of hydrogen-bond acceptors (Lipinski definition) is 4. The lowest BCUT2D eigenvalue weighted by Crippen LogP contribution is -2.44. The summed E-state index contributed by atoms with van der Waals surface area (Å²) in [7, 11) is -3.78. The molecule has 1 fully saturated rings. The highest BCUT2D eigenvalue weighted by molar-refractivity contribution is 7.89. The number of sulfonamides is 1. The predicted octanol–water partition coefficient (Wildman–Crippen LogP) is 2.01. The maximum atomic E-state index is 12.5. The van der Waals surface area contributed by atoms with Crippen LogP contribution in [-0.4, -0.2) is 21.0 Å². The molecule has 0 radical (unpaired) electrons. The van der Waals surface area contributed by atoms with Crippen molar-refractivity contribution in [1.82, 2.24) is 4.72 Å². The monoisotopic (exact) mass is 327 g/mol. The van der Waals surface area contributed by atoms with Crippen molar-refractivity contribution in [3.63, 3.8) is 0 Å². The molecule has 1 aliphatic rings. The number of halogens is 1. The van der Waals surface area contributed by atoms with E-state index in [4.69, 9.17) is 22.6 Å². The van der Waals surface area contributed by atoms with Crippen molar-refractivity contribution in [1.29, 1.82) is 5.26 Å². The van der Waals surface area contributed by atoms with Crippen molar-refractivity contribution >= 4 is 21.6 Å². The van der Waals surface area contributed by atoms with Gasteiger partial charge < -0.3 is 5.73 Å². The molecule has 114 valence electrons. The first-order chi connectivity index (χ1) is 9.99. The van der Waals surface area contributed by atoms with Crippen LogP contribution in [0.1, 0.15) is 31.2 Å². The van der Waals surface area contributed by atoms with Gasteiger partial charge >= 0.3 is 0 Å². The van der Waals surface area contributed by atoms with Crippen LogP contribution in [0.4, 0.5) is 0 Å². The quantitative estimate of drug-likeness (QED) is 0.884. The van der Waals surface area contributed by atoms with E-state index in [1.807, 2.05) is 6.07 Å². The van der Waals surface area contributed by atoms with Gasteiger partial charge in [-0.25, -0.2) is 13.1 Å². The fraction of sp³-hybridized carbons (Fsp3) is 0.500. The lowest BCUT2D eigenvalue weighted by atomic mass is 9.85. The molecular formula is C14H18ClN3O2S. The normalized spacial score (nSPS) is 22.7. The summed E-state index contributed by atoms with van der Waals surface area (Å²) in [6, 6.07) is 6.10. The average Bonchev–Trinajstić information content (AvgIpc) is 2.47. The third kappa shape index (κ3) is 3.55. The fourth-order valence-corrected chi connectivity index (χ4v) is 4.54. The summed E-state index contributed by atoms with van der Waals surface area (Å²) >= 11 is 5.90. The molecule has 2 atom stereocenters. The first-order valence-electron chi connectivity index (χ1n) is 6.90. The van der Waals surface area contributed by atoms with Gasteiger partial charge in [-0.1, -0.05) is 30.5 Å². The molecule has 0 amide bonds. The van der Waals surface area contributed by atoms with Crippen LogP contribution in [0.2, 0.25) is 5.02 Å². The summed E-state index contributed by atoms with van der Waals surface area (Å²) in [4.78, 5) is -0.0705. The van der Waals surface area contributed by atoms with Gasteiger partial charge in [0.1, 0.15) is 11.0 Å². The highest BCUT2D eigenvalue weighted by Gasteiger charge is 2.30. The molecule has 0 saturated heterocycles. The molecule has 0 bridgehead atoms. The molecule has 1 aromatic rings. The van der Waals surface area contributed by atoms with E-state index in [-0.39, 0.29) is 27.4 Å². The van der Waals surface area contributed by atoms with Gasteiger partial charge in [0.15, 0.2) is 0 Å². The maximum Gasteiger partial charge on any atom is 0.242 e. The molecule has 1 aliphatic carbocycles. The van der Waals surface area contributed by atoms with Crippen molar-refractivity contribution in [2.75, 3.05) is 6.54 Å². The number of nitrogens with two attached hydrogens (primary N) is 1. The van der Waals surface area contributed by atoms with E-state index in [2.05, 4.69) is 4.72 Å². The number of nitrogens with one attached hydrogen (secondary N) is 1. The average molecular weight is 328 g/mol. The van der Waals surface area contributed by atoms with Gasteiger partial charge in [0.25, 0.3) is 0 Å². The molecule has 0 spiro atoms. The minimum atomic E-state index is -3.78. The Morgan fingerprint density at radius 2 is 2.10 bits per heavy atom. The van der Waals surface area contributed by atoms with Crippen LogP contribution in [0.25, 0.3) is 0 Å². The van der Waals surface area contributed by atoms with Crippen molar-refractivity contribution in [3.05, 3.63) is 28.8 Å². The van der Waals surface area contributed by atoms with E-state index in [0.717, 1.165) is 25.7 Å². The lowest BCUT2D eigenvalue weighted by molar-refractivity contribution is 0.296. The smallest absolute Gasteiger partial charge is 0.242 e. The highest BCUT2D eigenvalue weighted by atomic mass is 35.5. The molecule has 3 N–H and O–H groups in total. The first kappa shape index (κ1) is 16.2. The lowest BCUT2D eigenvalue weighted by Gasteiger charge is -2.31. The van der Waals surface area contributed by atoms with Crippen LogP contribution >= 0.6 is 11.6 Å². The fourth-order valence-electron chi connectivity index (χ4n) is 2.74. The Kier molecular flexibility index (Phi) is 5.22. The molecule has 2 rings (SSSR count). The minimum Gasteiger partial charge on any atom is -0.330 e. The Bertz CT molecular complexity index is 655. The topological polar surface area (TPSA) is 96.0 Å². The summed E-state index contributed by atoms with van der Waals surface area (Å²) < 4.78 is 27.8.